The topological polar surface area (TPSA) is 30.7 Å². The van der Waals surface area contributed by atoms with E-state index < -0.39 is 0 Å². The Kier molecular flexibility index (Phi) is 2.81. The SMILES string of the molecule is CCC1(n2c(CCl)nc3c(C)ccnc32)CCC1. The van der Waals surface area contributed by atoms with Gasteiger partial charge in [0, 0.05) is 11.7 Å². The van der Waals surface area contributed by atoms with Gasteiger partial charge in [-0.2, -0.15) is 0 Å². The normalized spacial score (nSPS) is 17.9. The Balaban J connectivity index is 2.29. The summed E-state index contributed by atoms with van der Waals surface area (Å²) in [5.74, 6) is 1.42. The minimum Gasteiger partial charge on any atom is -0.305 e. The molecule has 96 valence electrons. The van der Waals surface area contributed by atoms with Crippen LogP contribution < -0.4 is 0 Å². The fraction of sp³-hybridized carbons (Fsp3) is 0.571. The van der Waals surface area contributed by atoms with Gasteiger partial charge in [0.1, 0.15) is 11.3 Å². The third-order valence-corrected chi connectivity index (χ3v) is 4.59. The van der Waals surface area contributed by atoms with E-state index >= 15 is 0 Å². The zero-order valence-electron chi connectivity index (χ0n) is 10.9. The van der Waals surface area contributed by atoms with Gasteiger partial charge in [-0.25, -0.2) is 9.97 Å². The lowest BCUT2D eigenvalue weighted by Crippen LogP contribution is -2.41. The number of aryl methyl sites for hydroxylation is 1. The maximum atomic E-state index is 6.09. The van der Waals surface area contributed by atoms with E-state index in [9.17, 15) is 0 Å². The van der Waals surface area contributed by atoms with E-state index in [2.05, 4.69) is 23.4 Å². The number of alkyl halides is 1. The van der Waals surface area contributed by atoms with Crippen LogP contribution in [0.2, 0.25) is 0 Å². The predicted octanol–water partition coefficient (Wildman–Crippen LogP) is 3.77. The van der Waals surface area contributed by atoms with Crippen molar-refractivity contribution in [3.05, 3.63) is 23.7 Å². The van der Waals surface area contributed by atoms with Gasteiger partial charge in [0.25, 0.3) is 0 Å². The van der Waals surface area contributed by atoms with Crippen molar-refractivity contribution >= 4 is 22.8 Å². The Bertz CT molecular complexity index is 578. The number of fused-ring (bicyclic) bond motifs is 1. The molecule has 0 atom stereocenters. The molecule has 0 unspecified atom stereocenters. The third-order valence-electron chi connectivity index (χ3n) is 4.35. The molecule has 0 aromatic carbocycles. The first-order valence-electron chi connectivity index (χ1n) is 6.61. The average Bonchev–Trinajstić information content (AvgIpc) is 2.70. The van der Waals surface area contributed by atoms with Crippen molar-refractivity contribution in [1.29, 1.82) is 0 Å². The van der Waals surface area contributed by atoms with Gasteiger partial charge >= 0.3 is 0 Å². The monoisotopic (exact) mass is 263 g/mol. The van der Waals surface area contributed by atoms with Gasteiger partial charge in [-0.1, -0.05) is 6.92 Å². The van der Waals surface area contributed by atoms with Crippen LogP contribution >= 0.6 is 11.6 Å². The standard InChI is InChI=1S/C14H18ClN3/c1-3-14(6-4-7-14)18-11(9-15)17-12-10(2)5-8-16-13(12)18/h5,8H,3-4,6-7,9H2,1-2H3. The molecule has 1 saturated carbocycles. The van der Waals surface area contributed by atoms with Crippen molar-refractivity contribution in [1.82, 2.24) is 14.5 Å². The largest absolute Gasteiger partial charge is 0.305 e. The number of hydrogen-bond acceptors (Lipinski definition) is 2. The lowest BCUT2D eigenvalue weighted by Gasteiger charge is -2.43. The second-order valence-electron chi connectivity index (χ2n) is 5.23. The molecule has 2 aromatic rings. The highest BCUT2D eigenvalue weighted by molar-refractivity contribution is 6.16. The van der Waals surface area contributed by atoms with Gasteiger partial charge in [-0.05, 0) is 44.2 Å². The Hall–Kier alpha value is -1.09. The first kappa shape index (κ1) is 12.0. The molecule has 3 rings (SSSR count). The first-order chi connectivity index (χ1) is 8.72. The summed E-state index contributed by atoms with van der Waals surface area (Å²) in [4.78, 5) is 9.24. The van der Waals surface area contributed by atoms with Crippen molar-refractivity contribution < 1.29 is 0 Å². The Morgan fingerprint density at radius 1 is 1.44 bits per heavy atom. The summed E-state index contributed by atoms with van der Waals surface area (Å²) in [5.41, 5.74) is 3.40. The maximum Gasteiger partial charge on any atom is 0.160 e. The van der Waals surface area contributed by atoms with E-state index in [1.54, 1.807) is 0 Å². The second-order valence-corrected chi connectivity index (χ2v) is 5.50. The minimum atomic E-state index is 0.208. The quantitative estimate of drug-likeness (QED) is 0.790. The number of nitrogens with zero attached hydrogens (tertiary/aromatic N) is 3. The molecule has 1 aliphatic rings. The van der Waals surface area contributed by atoms with Crippen molar-refractivity contribution in [2.24, 2.45) is 0 Å². The summed E-state index contributed by atoms with van der Waals surface area (Å²) >= 11 is 6.09. The molecule has 18 heavy (non-hydrogen) atoms. The molecule has 0 aliphatic heterocycles. The third kappa shape index (κ3) is 1.50. The Morgan fingerprint density at radius 2 is 2.22 bits per heavy atom. The van der Waals surface area contributed by atoms with Crippen molar-refractivity contribution in [3.8, 4) is 0 Å². The molecule has 3 nitrogen and oxygen atoms in total. The fourth-order valence-electron chi connectivity index (χ4n) is 3.05. The summed E-state index contributed by atoms with van der Waals surface area (Å²) in [5, 5.41) is 0. The Labute approximate surface area is 112 Å². The number of rotatable bonds is 3. The first-order valence-corrected chi connectivity index (χ1v) is 7.14. The van der Waals surface area contributed by atoms with Crippen molar-refractivity contribution in [3.63, 3.8) is 0 Å². The van der Waals surface area contributed by atoms with Crippen molar-refractivity contribution in [2.75, 3.05) is 0 Å². The molecule has 1 fully saturated rings. The van der Waals surface area contributed by atoms with Crippen LogP contribution in [0.3, 0.4) is 0 Å². The molecule has 4 heteroatoms. The van der Waals surface area contributed by atoms with Crippen LogP contribution in [-0.2, 0) is 11.4 Å². The van der Waals surface area contributed by atoms with Gasteiger partial charge in [0.15, 0.2) is 5.65 Å². The van der Waals surface area contributed by atoms with Crippen LogP contribution in [-0.4, -0.2) is 14.5 Å². The van der Waals surface area contributed by atoms with Gasteiger partial charge in [-0.15, -0.1) is 11.6 Å². The zero-order valence-corrected chi connectivity index (χ0v) is 11.7. The minimum absolute atomic E-state index is 0.208. The highest BCUT2D eigenvalue weighted by Gasteiger charge is 2.39. The molecular weight excluding hydrogens is 246 g/mol. The zero-order chi connectivity index (χ0) is 12.8. The van der Waals surface area contributed by atoms with Gasteiger partial charge in [0.05, 0.1) is 5.88 Å². The van der Waals surface area contributed by atoms with Crippen LogP contribution in [0.4, 0.5) is 0 Å². The summed E-state index contributed by atoms with van der Waals surface area (Å²) in [6.45, 7) is 4.33. The van der Waals surface area contributed by atoms with Crippen LogP contribution in [0.15, 0.2) is 12.3 Å². The molecule has 0 amide bonds. The van der Waals surface area contributed by atoms with Gasteiger partial charge in [-0.3, -0.25) is 0 Å². The molecule has 0 radical (unpaired) electrons. The van der Waals surface area contributed by atoms with Crippen LogP contribution in [0, 0.1) is 6.92 Å². The van der Waals surface area contributed by atoms with Crippen LogP contribution in [0.5, 0.6) is 0 Å². The number of imidazole rings is 1. The van der Waals surface area contributed by atoms with E-state index in [0.29, 0.717) is 5.88 Å². The molecular formula is C14H18ClN3. The maximum absolute atomic E-state index is 6.09. The van der Waals surface area contributed by atoms with E-state index in [0.717, 1.165) is 23.4 Å². The van der Waals surface area contributed by atoms with Crippen LogP contribution in [0.25, 0.3) is 11.2 Å². The Morgan fingerprint density at radius 3 is 2.78 bits per heavy atom. The highest BCUT2D eigenvalue weighted by atomic mass is 35.5. The second kappa shape index (κ2) is 4.23. The number of halogens is 1. The summed E-state index contributed by atoms with van der Waals surface area (Å²) < 4.78 is 2.31. The lowest BCUT2D eigenvalue weighted by molar-refractivity contribution is 0.137. The number of aromatic nitrogens is 3. The predicted molar refractivity (Wildman–Crippen MR) is 73.9 cm³/mol. The molecule has 0 N–H and O–H groups in total. The average molecular weight is 264 g/mol. The molecule has 1 aliphatic carbocycles. The smallest absolute Gasteiger partial charge is 0.160 e. The molecule has 0 saturated heterocycles. The summed E-state index contributed by atoms with van der Waals surface area (Å²) in [7, 11) is 0. The lowest BCUT2D eigenvalue weighted by atomic mass is 9.74. The molecule has 2 aromatic heterocycles. The van der Waals surface area contributed by atoms with E-state index in [1.807, 2.05) is 12.3 Å². The molecule has 0 spiro atoms. The fourth-order valence-corrected chi connectivity index (χ4v) is 3.23. The summed E-state index contributed by atoms with van der Waals surface area (Å²) in [6.07, 6.45) is 6.72. The van der Waals surface area contributed by atoms with E-state index in [4.69, 9.17) is 16.6 Å². The number of hydrogen-bond donors (Lipinski definition) is 0. The number of pyridine rings is 1. The van der Waals surface area contributed by atoms with Crippen LogP contribution in [0.1, 0.15) is 44.0 Å². The van der Waals surface area contributed by atoms with Crippen molar-refractivity contribution in [2.45, 2.75) is 50.9 Å². The summed E-state index contributed by atoms with van der Waals surface area (Å²) in [6, 6.07) is 2.01. The van der Waals surface area contributed by atoms with Gasteiger partial charge < -0.3 is 4.57 Å². The highest BCUT2D eigenvalue weighted by Crippen LogP contribution is 2.44. The van der Waals surface area contributed by atoms with E-state index in [-0.39, 0.29) is 5.54 Å². The molecule has 2 heterocycles. The van der Waals surface area contributed by atoms with E-state index in [1.165, 1.54) is 24.8 Å². The molecule has 0 bridgehead atoms. The van der Waals surface area contributed by atoms with Gasteiger partial charge in [0.2, 0.25) is 0 Å².